The summed E-state index contributed by atoms with van der Waals surface area (Å²) < 4.78 is 0. The summed E-state index contributed by atoms with van der Waals surface area (Å²) in [5.74, 6) is -2.60. The summed E-state index contributed by atoms with van der Waals surface area (Å²) in [4.78, 5) is 40.7. The first-order valence-electron chi connectivity index (χ1n) is 9.61. The van der Waals surface area contributed by atoms with Gasteiger partial charge in [0.1, 0.15) is 5.92 Å². The molecule has 0 aromatic heterocycles. The predicted octanol–water partition coefficient (Wildman–Crippen LogP) is 4.15. The van der Waals surface area contributed by atoms with Gasteiger partial charge in [0.25, 0.3) is 5.91 Å². The summed E-state index contributed by atoms with van der Waals surface area (Å²) in [5.41, 5.74) is 3.18. The fourth-order valence-electron chi connectivity index (χ4n) is 3.86. The minimum atomic E-state index is -1.05. The second-order valence-electron chi connectivity index (χ2n) is 7.35. The Morgan fingerprint density at radius 3 is 2.03 bits per heavy atom. The Kier molecular flexibility index (Phi) is 5.09. The zero-order valence-electron chi connectivity index (χ0n) is 16.1. The molecule has 4 heteroatoms. The molecule has 1 aliphatic heterocycles. The summed E-state index contributed by atoms with van der Waals surface area (Å²) in [6.45, 7) is 2.22. The SMILES string of the molecule is Cc1ccc(C(=O)C2C(=O)C(=O)N(Cc3ccccc3)C2c2ccccc2)cc1. The summed E-state index contributed by atoms with van der Waals surface area (Å²) in [6, 6.07) is 25.3. The highest BCUT2D eigenvalue weighted by atomic mass is 16.2. The Balaban J connectivity index is 1.76. The normalized spacial score (nSPS) is 18.9. The van der Waals surface area contributed by atoms with E-state index in [2.05, 4.69) is 0 Å². The number of ketones is 2. The molecule has 2 unspecified atom stereocenters. The van der Waals surface area contributed by atoms with Crippen LogP contribution in [0.2, 0.25) is 0 Å². The van der Waals surface area contributed by atoms with Gasteiger partial charge in [-0.15, -0.1) is 0 Å². The van der Waals surface area contributed by atoms with E-state index in [9.17, 15) is 14.4 Å². The number of benzene rings is 3. The van der Waals surface area contributed by atoms with Crippen LogP contribution < -0.4 is 0 Å². The van der Waals surface area contributed by atoms with Crippen molar-refractivity contribution in [3.05, 3.63) is 107 Å². The summed E-state index contributed by atoms with van der Waals surface area (Å²) >= 11 is 0. The molecule has 0 bridgehead atoms. The molecule has 3 aromatic carbocycles. The van der Waals surface area contributed by atoms with Crippen LogP contribution in [0.5, 0.6) is 0 Å². The van der Waals surface area contributed by atoms with Crippen molar-refractivity contribution in [1.29, 1.82) is 0 Å². The third kappa shape index (κ3) is 3.61. The summed E-state index contributed by atoms with van der Waals surface area (Å²) in [5, 5.41) is 0. The zero-order chi connectivity index (χ0) is 20.4. The molecule has 0 radical (unpaired) electrons. The van der Waals surface area contributed by atoms with E-state index in [4.69, 9.17) is 0 Å². The van der Waals surface area contributed by atoms with Crippen molar-refractivity contribution < 1.29 is 14.4 Å². The molecule has 4 nitrogen and oxygen atoms in total. The highest BCUT2D eigenvalue weighted by Crippen LogP contribution is 2.39. The number of Topliss-reactive ketones (excluding diaryl/α,β-unsaturated/α-hetero) is 2. The lowest BCUT2D eigenvalue weighted by atomic mass is 9.86. The van der Waals surface area contributed by atoms with E-state index in [1.807, 2.05) is 79.7 Å². The number of nitrogens with zero attached hydrogens (tertiary/aromatic N) is 1. The van der Waals surface area contributed by atoms with E-state index in [0.717, 1.165) is 16.7 Å². The Morgan fingerprint density at radius 2 is 1.41 bits per heavy atom. The van der Waals surface area contributed by atoms with Crippen LogP contribution in [0, 0.1) is 12.8 Å². The highest BCUT2D eigenvalue weighted by Gasteiger charge is 2.51. The van der Waals surface area contributed by atoms with Crippen molar-refractivity contribution in [2.75, 3.05) is 0 Å². The molecule has 0 aliphatic carbocycles. The number of likely N-dealkylation sites (tertiary alicyclic amines) is 1. The molecule has 0 spiro atoms. The lowest BCUT2D eigenvalue weighted by Gasteiger charge is -2.27. The molecular weight excluding hydrogens is 362 g/mol. The lowest BCUT2D eigenvalue weighted by molar-refractivity contribution is -0.141. The third-order valence-corrected chi connectivity index (χ3v) is 5.36. The molecule has 1 fully saturated rings. The fourth-order valence-corrected chi connectivity index (χ4v) is 3.86. The maximum atomic E-state index is 13.3. The van der Waals surface area contributed by atoms with Crippen LogP contribution in [0.15, 0.2) is 84.9 Å². The van der Waals surface area contributed by atoms with Crippen LogP contribution in [-0.4, -0.2) is 22.4 Å². The smallest absolute Gasteiger partial charge is 0.291 e. The summed E-state index contributed by atoms with van der Waals surface area (Å²) in [6.07, 6.45) is 0. The Labute approximate surface area is 169 Å². The number of hydrogen-bond donors (Lipinski definition) is 0. The Bertz CT molecular complexity index is 1040. The number of hydrogen-bond acceptors (Lipinski definition) is 3. The fraction of sp³-hybridized carbons (Fsp3) is 0.160. The molecule has 0 N–H and O–H groups in total. The van der Waals surface area contributed by atoms with Gasteiger partial charge in [-0.1, -0.05) is 90.5 Å². The monoisotopic (exact) mass is 383 g/mol. The van der Waals surface area contributed by atoms with Crippen LogP contribution in [0.3, 0.4) is 0 Å². The first-order valence-corrected chi connectivity index (χ1v) is 9.61. The molecule has 1 aliphatic rings. The van der Waals surface area contributed by atoms with Gasteiger partial charge >= 0.3 is 0 Å². The van der Waals surface area contributed by atoms with Crippen molar-refractivity contribution in [3.63, 3.8) is 0 Å². The van der Waals surface area contributed by atoms with Gasteiger partial charge in [-0.3, -0.25) is 14.4 Å². The van der Waals surface area contributed by atoms with Crippen LogP contribution in [0.25, 0.3) is 0 Å². The molecule has 1 heterocycles. The molecule has 29 heavy (non-hydrogen) atoms. The van der Waals surface area contributed by atoms with Crippen LogP contribution in [0.4, 0.5) is 0 Å². The first kappa shape index (κ1) is 18.8. The molecule has 3 aromatic rings. The van der Waals surface area contributed by atoms with Crippen molar-refractivity contribution in [3.8, 4) is 0 Å². The van der Waals surface area contributed by atoms with Crippen molar-refractivity contribution in [2.45, 2.75) is 19.5 Å². The van der Waals surface area contributed by atoms with Gasteiger partial charge in [-0.2, -0.15) is 0 Å². The van der Waals surface area contributed by atoms with Gasteiger partial charge < -0.3 is 4.90 Å². The minimum Gasteiger partial charge on any atom is -0.324 e. The van der Waals surface area contributed by atoms with Crippen molar-refractivity contribution in [2.24, 2.45) is 5.92 Å². The highest BCUT2D eigenvalue weighted by molar-refractivity contribution is 6.44. The van der Waals surface area contributed by atoms with E-state index in [0.29, 0.717) is 5.56 Å². The molecular formula is C25H21NO3. The Hall–Kier alpha value is -3.53. The van der Waals surface area contributed by atoms with Gasteiger partial charge in [0, 0.05) is 12.1 Å². The largest absolute Gasteiger partial charge is 0.324 e. The molecule has 2 atom stereocenters. The number of amides is 1. The average molecular weight is 383 g/mol. The summed E-state index contributed by atoms with van der Waals surface area (Å²) in [7, 11) is 0. The molecule has 0 saturated carbocycles. The van der Waals surface area contributed by atoms with Crippen LogP contribution in [-0.2, 0) is 16.1 Å². The molecule has 1 amide bonds. The second-order valence-corrected chi connectivity index (χ2v) is 7.35. The van der Waals surface area contributed by atoms with Gasteiger partial charge in [-0.25, -0.2) is 0 Å². The number of carbonyl (C=O) groups is 3. The van der Waals surface area contributed by atoms with E-state index in [-0.39, 0.29) is 12.3 Å². The van der Waals surface area contributed by atoms with Crippen LogP contribution >= 0.6 is 0 Å². The minimum absolute atomic E-state index is 0.280. The van der Waals surface area contributed by atoms with Crippen molar-refractivity contribution >= 4 is 17.5 Å². The van der Waals surface area contributed by atoms with Crippen molar-refractivity contribution in [1.82, 2.24) is 4.90 Å². The third-order valence-electron chi connectivity index (χ3n) is 5.36. The van der Waals surface area contributed by atoms with Gasteiger partial charge in [0.05, 0.1) is 6.04 Å². The molecule has 4 rings (SSSR count). The number of aryl methyl sites for hydroxylation is 1. The van der Waals surface area contributed by atoms with E-state index >= 15 is 0 Å². The Morgan fingerprint density at radius 1 is 0.828 bits per heavy atom. The number of rotatable bonds is 5. The molecule has 1 saturated heterocycles. The maximum absolute atomic E-state index is 13.3. The molecule has 144 valence electrons. The zero-order valence-corrected chi connectivity index (χ0v) is 16.1. The topological polar surface area (TPSA) is 54.5 Å². The van der Waals surface area contributed by atoms with E-state index in [1.54, 1.807) is 12.1 Å². The van der Waals surface area contributed by atoms with Crippen LogP contribution in [0.1, 0.15) is 33.1 Å². The lowest BCUT2D eigenvalue weighted by Crippen LogP contribution is -2.30. The van der Waals surface area contributed by atoms with Gasteiger partial charge in [-0.05, 0) is 18.1 Å². The second kappa shape index (κ2) is 7.84. The average Bonchev–Trinajstić information content (AvgIpc) is 3.00. The van der Waals surface area contributed by atoms with E-state index in [1.165, 1.54) is 4.90 Å². The van der Waals surface area contributed by atoms with Gasteiger partial charge in [0.2, 0.25) is 5.78 Å². The first-order chi connectivity index (χ1) is 14.1. The van der Waals surface area contributed by atoms with Gasteiger partial charge in [0.15, 0.2) is 5.78 Å². The number of carbonyl (C=O) groups excluding carboxylic acids is 3. The quantitative estimate of drug-likeness (QED) is 0.378. The predicted molar refractivity (Wildman–Crippen MR) is 110 cm³/mol. The standard InChI is InChI=1S/C25H21NO3/c1-17-12-14-20(15-13-17)23(27)21-22(19-10-6-3-7-11-19)26(25(29)24(21)28)16-18-8-4-2-5-9-18/h2-15,21-22H,16H2,1H3. The van der Waals surface area contributed by atoms with E-state index < -0.39 is 23.7 Å². The maximum Gasteiger partial charge on any atom is 0.291 e.